The van der Waals surface area contributed by atoms with Crippen LogP contribution >= 0.6 is 27.5 Å². The predicted octanol–water partition coefficient (Wildman–Crippen LogP) is 2.39. The van der Waals surface area contributed by atoms with Gasteiger partial charge in [0, 0.05) is 16.0 Å². The number of nitrogens with one attached hydrogen (secondary N) is 1. The first-order valence-corrected chi connectivity index (χ1v) is 8.71. The van der Waals surface area contributed by atoms with Crippen LogP contribution in [0.15, 0.2) is 22.7 Å². The van der Waals surface area contributed by atoms with Crippen molar-refractivity contribution >= 4 is 43.5 Å². The Morgan fingerprint density at radius 1 is 1.45 bits per heavy atom. The van der Waals surface area contributed by atoms with E-state index in [1.807, 2.05) is 0 Å². The van der Waals surface area contributed by atoms with Gasteiger partial charge >= 0.3 is 5.97 Å². The maximum atomic E-state index is 12.0. The number of aliphatic carboxylic acids is 1. The Morgan fingerprint density at radius 2 is 2.10 bits per heavy atom. The summed E-state index contributed by atoms with van der Waals surface area (Å²) >= 11 is 9.10. The van der Waals surface area contributed by atoms with E-state index in [0.717, 1.165) is 0 Å². The molecule has 0 spiro atoms. The van der Waals surface area contributed by atoms with Gasteiger partial charge in [0.05, 0.1) is 11.2 Å². The molecular weight excluding hydrogens is 370 g/mol. The number of carboxylic acid groups (broad SMARTS) is 1. The van der Waals surface area contributed by atoms with Gasteiger partial charge in [0.2, 0.25) is 10.0 Å². The van der Waals surface area contributed by atoms with E-state index in [4.69, 9.17) is 16.7 Å². The van der Waals surface area contributed by atoms with Crippen LogP contribution < -0.4 is 4.72 Å². The quantitative estimate of drug-likeness (QED) is 0.791. The lowest BCUT2D eigenvalue weighted by Crippen LogP contribution is -2.34. The minimum absolute atomic E-state index is 0.0666. The summed E-state index contributed by atoms with van der Waals surface area (Å²) in [6, 6.07) is 4.89. The lowest BCUT2D eigenvalue weighted by molar-refractivity contribution is -0.143. The van der Waals surface area contributed by atoms with Crippen molar-refractivity contribution in [1.82, 2.24) is 4.72 Å². The number of rotatable bonds is 6. The van der Waals surface area contributed by atoms with Crippen molar-refractivity contribution < 1.29 is 18.3 Å². The van der Waals surface area contributed by atoms with E-state index in [-0.39, 0.29) is 12.3 Å². The smallest absolute Gasteiger partial charge is 0.310 e. The molecule has 110 valence electrons. The first-order chi connectivity index (χ1) is 9.24. The van der Waals surface area contributed by atoms with Gasteiger partial charge in [-0.15, -0.1) is 0 Å². The monoisotopic (exact) mass is 381 g/mol. The Labute approximate surface area is 130 Å². The molecule has 5 nitrogen and oxygen atoms in total. The Morgan fingerprint density at radius 3 is 2.65 bits per heavy atom. The highest BCUT2D eigenvalue weighted by Crippen LogP contribution is 2.45. The maximum Gasteiger partial charge on any atom is 0.310 e. The first-order valence-electron chi connectivity index (χ1n) is 5.89. The summed E-state index contributed by atoms with van der Waals surface area (Å²) in [7, 11) is -3.60. The van der Waals surface area contributed by atoms with E-state index in [2.05, 4.69) is 20.7 Å². The van der Waals surface area contributed by atoms with E-state index in [1.165, 1.54) is 0 Å². The van der Waals surface area contributed by atoms with E-state index in [9.17, 15) is 13.2 Å². The van der Waals surface area contributed by atoms with Gasteiger partial charge in [-0.25, -0.2) is 13.1 Å². The second kappa shape index (κ2) is 5.63. The van der Waals surface area contributed by atoms with Crippen LogP contribution in [0, 0.1) is 5.41 Å². The Kier molecular flexibility index (Phi) is 4.44. The van der Waals surface area contributed by atoms with Crippen molar-refractivity contribution in [2.24, 2.45) is 5.41 Å². The third-order valence-corrected chi connectivity index (χ3v) is 5.57. The summed E-state index contributed by atoms with van der Waals surface area (Å²) in [5.41, 5.74) is -0.385. The minimum Gasteiger partial charge on any atom is -0.481 e. The van der Waals surface area contributed by atoms with Crippen LogP contribution in [-0.4, -0.2) is 26.0 Å². The molecule has 0 heterocycles. The van der Waals surface area contributed by atoms with Crippen LogP contribution in [0.1, 0.15) is 18.4 Å². The molecule has 1 aromatic carbocycles. The van der Waals surface area contributed by atoms with Crippen LogP contribution in [-0.2, 0) is 20.6 Å². The molecule has 0 radical (unpaired) electrons. The number of benzene rings is 1. The molecule has 8 heteroatoms. The standard InChI is InChI=1S/C12H13BrClNO4S/c13-10-2-1-9(14)5-8(10)6-20(18,19)15-7-12(3-4-12)11(16)17/h1-2,5,15H,3-4,6-7H2,(H,16,17). The molecule has 0 saturated heterocycles. The molecule has 0 unspecified atom stereocenters. The predicted molar refractivity (Wildman–Crippen MR) is 79.1 cm³/mol. The third-order valence-electron chi connectivity index (χ3n) is 3.29. The average Bonchev–Trinajstić information content (AvgIpc) is 3.12. The summed E-state index contributed by atoms with van der Waals surface area (Å²) in [5.74, 6) is -1.20. The van der Waals surface area contributed by atoms with Gasteiger partial charge in [0.1, 0.15) is 0 Å². The molecule has 1 fully saturated rings. The lowest BCUT2D eigenvalue weighted by Gasteiger charge is -2.12. The van der Waals surface area contributed by atoms with Gasteiger partial charge in [0.15, 0.2) is 0 Å². The number of carboxylic acids is 1. The van der Waals surface area contributed by atoms with Gasteiger partial charge in [-0.3, -0.25) is 4.79 Å². The zero-order valence-electron chi connectivity index (χ0n) is 10.4. The van der Waals surface area contributed by atoms with Crippen molar-refractivity contribution in [2.45, 2.75) is 18.6 Å². The van der Waals surface area contributed by atoms with Crippen molar-refractivity contribution in [3.8, 4) is 0 Å². The number of hydrogen-bond donors (Lipinski definition) is 2. The zero-order chi connectivity index (χ0) is 15.0. The molecule has 20 heavy (non-hydrogen) atoms. The van der Waals surface area contributed by atoms with Crippen LogP contribution in [0.2, 0.25) is 5.02 Å². The van der Waals surface area contributed by atoms with E-state index < -0.39 is 21.4 Å². The number of halogens is 2. The SMILES string of the molecule is O=C(O)C1(CNS(=O)(=O)Cc2cc(Cl)ccc2Br)CC1. The highest BCUT2D eigenvalue weighted by Gasteiger charge is 2.50. The topological polar surface area (TPSA) is 83.5 Å². The van der Waals surface area contributed by atoms with E-state index >= 15 is 0 Å². The van der Waals surface area contributed by atoms with E-state index in [0.29, 0.717) is 27.9 Å². The van der Waals surface area contributed by atoms with Crippen LogP contribution in [0.25, 0.3) is 0 Å². The van der Waals surface area contributed by atoms with Crippen LogP contribution in [0.5, 0.6) is 0 Å². The molecule has 2 rings (SSSR count). The third kappa shape index (κ3) is 3.72. The minimum atomic E-state index is -3.60. The summed E-state index contributed by atoms with van der Waals surface area (Å²) in [6.45, 7) is -0.0666. The Bertz CT molecular complexity index is 643. The lowest BCUT2D eigenvalue weighted by atomic mass is 10.1. The second-order valence-corrected chi connectivity index (χ2v) is 8.00. The average molecular weight is 383 g/mol. The summed E-state index contributed by atoms with van der Waals surface area (Å²) in [4.78, 5) is 11.0. The summed E-state index contributed by atoms with van der Waals surface area (Å²) in [6.07, 6.45) is 1.01. The van der Waals surface area contributed by atoms with Crippen LogP contribution in [0.4, 0.5) is 0 Å². The Balaban J connectivity index is 2.04. The highest BCUT2D eigenvalue weighted by molar-refractivity contribution is 9.10. The number of sulfonamides is 1. The highest BCUT2D eigenvalue weighted by atomic mass is 79.9. The van der Waals surface area contributed by atoms with Crippen molar-refractivity contribution in [3.63, 3.8) is 0 Å². The molecule has 1 saturated carbocycles. The van der Waals surface area contributed by atoms with Crippen molar-refractivity contribution in [3.05, 3.63) is 33.3 Å². The summed E-state index contributed by atoms with van der Waals surface area (Å²) in [5, 5.41) is 9.46. The number of hydrogen-bond acceptors (Lipinski definition) is 3. The van der Waals surface area contributed by atoms with Crippen molar-refractivity contribution in [2.75, 3.05) is 6.54 Å². The fraction of sp³-hybridized carbons (Fsp3) is 0.417. The van der Waals surface area contributed by atoms with Gasteiger partial charge < -0.3 is 5.11 Å². The molecule has 0 bridgehead atoms. The van der Waals surface area contributed by atoms with Crippen LogP contribution in [0.3, 0.4) is 0 Å². The molecule has 1 aliphatic carbocycles. The fourth-order valence-electron chi connectivity index (χ4n) is 1.77. The summed E-state index contributed by atoms with van der Waals surface area (Å²) < 4.78 is 27.0. The molecule has 0 aromatic heterocycles. The maximum absolute atomic E-state index is 12.0. The number of carbonyl (C=O) groups is 1. The first kappa shape index (κ1) is 15.8. The Hall–Kier alpha value is -0.630. The van der Waals surface area contributed by atoms with Gasteiger partial charge in [-0.2, -0.15) is 0 Å². The molecule has 0 amide bonds. The van der Waals surface area contributed by atoms with Crippen molar-refractivity contribution in [1.29, 1.82) is 0 Å². The molecule has 1 aromatic rings. The van der Waals surface area contributed by atoms with Gasteiger partial charge in [0.25, 0.3) is 0 Å². The van der Waals surface area contributed by atoms with Gasteiger partial charge in [-0.05, 0) is 36.6 Å². The fourth-order valence-corrected chi connectivity index (χ4v) is 3.79. The normalized spacial score (nSPS) is 16.9. The molecule has 1 aliphatic rings. The van der Waals surface area contributed by atoms with E-state index in [1.54, 1.807) is 18.2 Å². The van der Waals surface area contributed by atoms with Gasteiger partial charge in [-0.1, -0.05) is 27.5 Å². The molecular formula is C12H13BrClNO4S. The largest absolute Gasteiger partial charge is 0.481 e. The molecule has 0 atom stereocenters. The molecule has 2 N–H and O–H groups in total. The second-order valence-electron chi connectivity index (χ2n) is 4.90. The molecule has 0 aliphatic heterocycles. The zero-order valence-corrected chi connectivity index (χ0v) is 13.6.